The fourth-order valence-corrected chi connectivity index (χ4v) is 3.66. The minimum Gasteiger partial charge on any atom is -0.298 e. The van der Waals surface area contributed by atoms with Gasteiger partial charge in [0.25, 0.3) is 5.56 Å². The van der Waals surface area contributed by atoms with Gasteiger partial charge < -0.3 is 0 Å². The number of aryl methyl sites for hydroxylation is 2. The van der Waals surface area contributed by atoms with Crippen LogP contribution < -0.4 is 11.2 Å². The topological polar surface area (TPSA) is 54.9 Å². The van der Waals surface area contributed by atoms with E-state index in [1.165, 1.54) is 21.5 Å². The number of hydrogen-bond acceptors (Lipinski definition) is 3. The first-order valence-electron chi connectivity index (χ1n) is 7.52. The molecular weight excluding hydrogens is 308 g/mol. The highest BCUT2D eigenvalue weighted by atomic mass is 32.1. The van der Waals surface area contributed by atoms with Gasteiger partial charge in [0, 0.05) is 11.4 Å². The minimum atomic E-state index is -0.347. The molecule has 0 amide bonds. The lowest BCUT2D eigenvalue weighted by Crippen LogP contribution is -2.34. The normalized spacial score (nSPS) is 11.6. The highest BCUT2D eigenvalue weighted by molar-refractivity contribution is 7.19. The number of benzene rings is 1. The van der Waals surface area contributed by atoms with Crippen molar-refractivity contribution < 1.29 is 0 Å². The second-order valence-corrected chi connectivity index (χ2v) is 6.57. The van der Waals surface area contributed by atoms with Gasteiger partial charge in [0.2, 0.25) is 0 Å². The SMILES string of the molecule is CCn1c(=O)[nH]c2sc(C=Cc3ccc(C)cc3)c(C)c2c1=O. The molecule has 2 heterocycles. The molecular formula is C18H18N2O2S. The quantitative estimate of drug-likeness (QED) is 0.800. The van der Waals surface area contributed by atoms with Gasteiger partial charge in [0.1, 0.15) is 4.83 Å². The van der Waals surface area contributed by atoms with Crippen molar-refractivity contribution in [3.63, 3.8) is 0 Å². The molecule has 5 heteroatoms. The van der Waals surface area contributed by atoms with Crippen LogP contribution in [-0.4, -0.2) is 9.55 Å². The zero-order valence-electron chi connectivity index (χ0n) is 13.3. The molecule has 118 valence electrons. The summed E-state index contributed by atoms with van der Waals surface area (Å²) in [4.78, 5) is 28.8. The van der Waals surface area contributed by atoms with Crippen molar-refractivity contribution in [2.45, 2.75) is 27.3 Å². The smallest absolute Gasteiger partial charge is 0.298 e. The van der Waals surface area contributed by atoms with E-state index in [0.717, 1.165) is 16.0 Å². The molecule has 0 atom stereocenters. The molecule has 0 bridgehead atoms. The lowest BCUT2D eigenvalue weighted by atomic mass is 10.1. The molecule has 0 aliphatic heterocycles. The Balaban J connectivity index is 2.11. The maximum absolute atomic E-state index is 12.5. The Morgan fingerprint density at radius 3 is 2.48 bits per heavy atom. The Hall–Kier alpha value is -2.40. The maximum Gasteiger partial charge on any atom is 0.329 e. The molecule has 4 nitrogen and oxygen atoms in total. The summed E-state index contributed by atoms with van der Waals surface area (Å²) >= 11 is 1.44. The molecule has 0 radical (unpaired) electrons. The van der Waals surface area contributed by atoms with Gasteiger partial charge >= 0.3 is 5.69 Å². The maximum atomic E-state index is 12.5. The van der Waals surface area contributed by atoms with Crippen molar-refractivity contribution in [3.8, 4) is 0 Å². The highest BCUT2D eigenvalue weighted by Crippen LogP contribution is 2.28. The molecule has 0 aliphatic rings. The van der Waals surface area contributed by atoms with Crippen LogP contribution in [0.4, 0.5) is 0 Å². The van der Waals surface area contributed by atoms with Crippen molar-refractivity contribution >= 4 is 33.7 Å². The molecule has 2 aromatic heterocycles. The zero-order chi connectivity index (χ0) is 16.6. The average molecular weight is 326 g/mol. The van der Waals surface area contributed by atoms with Crippen LogP contribution in [0.3, 0.4) is 0 Å². The molecule has 0 saturated heterocycles. The van der Waals surface area contributed by atoms with Crippen molar-refractivity contribution in [3.05, 3.63) is 66.7 Å². The number of thiophene rings is 1. The molecule has 0 spiro atoms. The van der Waals surface area contributed by atoms with Crippen LogP contribution in [-0.2, 0) is 6.54 Å². The third-order valence-corrected chi connectivity index (χ3v) is 5.10. The summed E-state index contributed by atoms with van der Waals surface area (Å²) in [6.07, 6.45) is 4.02. The van der Waals surface area contributed by atoms with Crippen molar-refractivity contribution in [1.29, 1.82) is 0 Å². The highest BCUT2D eigenvalue weighted by Gasteiger charge is 2.13. The minimum absolute atomic E-state index is 0.213. The number of nitrogens with one attached hydrogen (secondary N) is 1. The van der Waals surface area contributed by atoms with E-state index in [4.69, 9.17) is 0 Å². The van der Waals surface area contributed by atoms with Crippen LogP contribution in [0.5, 0.6) is 0 Å². The van der Waals surface area contributed by atoms with Gasteiger partial charge in [-0.1, -0.05) is 35.9 Å². The summed E-state index contributed by atoms with van der Waals surface area (Å²) in [6.45, 7) is 6.14. The molecule has 3 rings (SSSR count). The zero-order valence-corrected chi connectivity index (χ0v) is 14.2. The van der Waals surface area contributed by atoms with E-state index in [1.54, 1.807) is 6.92 Å². The largest absolute Gasteiger partial charge is 0.329 e. The number of fused-ring (bicyclic) bond motifs is 1. The van der Waals surface area contributed by atoms with Gasteiger partial charge in [-0.05, 0) is 38.0 Å². The Morgan fingerprint density at radius 2 is 1.83 bits per heavy atom. The number of nitrogens with zero attached hydrogens (tertiary/aromatic N) is 1. The number of aromatic nitrogens is 2. The summed E-state index contributed by atoms with van der Waals surface area (Å²) in [6, 6.07) is 8.24. The Kier molecular flexibility index (Phi) is 4.05. The summed E-state index contributed by atoms with van der Waals surface area (Å²) < 4.78 is 1.23. The first-order chi connectivity index (χ1) is 11.0. The van der Waals surface area contributed by atoms with Crippen LogP contribution in [0.25, 0.3) is 22.4 Å². The van der Waals surface area contributed by atoms with Crippen LogP contribution in [0.2, 0.25) is 0 Å². The van der Waals surface area contributed by atoms with Crippen LogP contribution >= 0.6 is 11.3 Å². The van der Waals surface area contributed by atoms with E-state index in [0.29, 0.717) is 16.8 Å². The fraction of sp³-hybridized carbons (Fsp3) is 0.222. The van der Waals surface area contributed by atoms with Crippen molar-refractivity contribution in [2.24, 2.45) is 0 Å². The Bertz CT molecular complexity index is 1000. The molecule has 0 unspecified atom stereocenters. The van der Waals surface area contributed by atoms with E-state index >= 15 is 0 Å². The van der Waals surface area contributed by atoms with Crippen LogP contribution in [0.1, 0.15) is 28.5 Å². The molecule has 0 saturated carbocycles. The van der Waals surface area contributed by atoms with Crippen LogP contribution in [0, 0.1) is 13.8 Å². The van der Waals surface area contributed by atoms with E-state index < -0.39 is 0 Å². The molecule has 3 aromatic rings. The van der Waals surface area contributed by atoms with E-state index in [9.17, 15) is 9.59 Å². The standard InChI is InChI=1S/C18H18N2O2S/c1-4-20-17(21)15-12(3)14(23-16(15)19-18(20)22)10-9-13-7-5-11(2)6-8-13/h5-10H,4H2,1-3H3,(H,19,22). The van der Waals surface area contributed by atoms with Gasteiger partial charge in [-0.2, -0.15) is 0 Å². The van der Waals surface area contributed by atoms with Gasteiger partial charge in [-0.3, -0.25) is 14.3 Å². The predicted molar refractivity (Wildman–Crippen MR) is 97.2 cm³/mol. The molecule has 1 N–H and O–H groups in total. The average Bonchev–Trinajstić information content (AvgIpc) is 2.83. The van der Waals surface area contributed by atoms with Gasteiger partial charge in [0.15, 0.2) is 0 Å². The van der Waals surface area contributed by atoms with Gasteiger partial charge in [-0.25, -0.2) is 4.79 Å². The third kappa shape index (κ3) is 2.80. The first-order valence-corrected chi connectivity index (χ1v) is 8.34. The first kappa shape index (κ1) is 15.5. The summed E-state index contributed by atoms with van der Waals surface area (Å²) in [5, 5.41) is 0.611. The summed E-state index contributed by atoms with van der Waals surface area (Å²) in [5.74, 6) is 0. The van der Waals surface area contributed by atoms with E-state index in [-0.39, 0.29) is 11.2 Å². The van der Waals surface area contributed by atoms with Gasteiger partial charge in [0.05, 0.1) is 5.39 Å². The van der Waals surface area contributed by atoms with Crippen LogP contribution in [0.15, 0.2) is 33.9 Å². The summed E-state index contributed by atoms with van der Waals surface area (Å²) in [5.41, 5.74) is 2.68. The van der Waals surface area contributed by atoms with Crippen molar-refractivity contribution in [2.75, 3.05) is 0 Å². The fourth-order valence-electron chi connectivity index (χ4n) is 2.56. The van der Waals surface area contributed by atoms with E-state index in [1.807, 2.05) is 19.1 Å². The number of hydrogen-bond donors (Lipinski definition) is 1. The molecule has 23 heavy (non-hydrogen) atoms. The third-order valence-electron chi connectivity index (χ3n) is 3.93. The van der Waals surface area contributed by atoms with Crippen molar-refractivity contribution in [1.82, 2.24) is 9.55 Å². The summed E-state index contributed by atoms with van der Waals surface area (Å²) in [7, 11) is 0. The van der Waals surface area contributed by atoms with Gasteiger partial charge in [-0.15, -0.1) is 11.3 Å². The second-order valence-electron chi connectivity index (χ2n) is 5.52. The Labute approximate surface area is 137 Å². The Morgan fingerprint density at radius 1 is 1.13 bits per heavy atom. The van der Waals surface area contributed by atoms with E-state index in [2.05, 4.69) is 36.2 Å². The molecule has 0 fully saturated rings. The predicted octanol–water partition coefficient (Wildman–Crippen LogP) is 3.56. The second kappa shape index (κ2) is 6.01. The molecule has 1 aromatic carbocycles. The lowest BCUT2D eigenvalue weighted by Gasteiger charge is -2.00. The molecule has 0 aliphatic carbocycles. The number of H-pyrrole nitrogens is 1. The number of rotatable bonds is 3. The number of aromatic amines is 1. The monoisotopic (exact) mass is 326 g/mol. The lowest BCUT2D eigenvalue weighted by molar-refractivity contribution is 0.685.